The lowest BCUT2D eigenvalue weighted by atomic mass is 10.2. The number of rotatable bonds is 10. The van der Waals surface area contributed by atoms with Crippen molar-refractivity contribution in [2.24, 2.45) is 0 Å². The van der Waals surface area contributed by atoms with E-state index in [2.05, 4.69) is 15.6 Å². The molecule has 3 aromatic rings. The Bertz CT molecular complexity index is 1140. The van der Waals surface area contributed by atoms with Crippen molar-refractivity contribution < 1.29 is 23.5 Å². The van der Waals surface area contributed by atoms with Gasteiger partial charge in [0.05, 0.1) is 19.3 Å². The van der Waals surface area contributed by atoms with Gasteiger partial charge in [-0.3, -0.25) is 9.69 Å². The Morgan fingerprint density at radius 1 is 1.09 bits per heavy atom. The Morgan fingerprint density at radius 3 is 2.49 bits per heavy atom. The second kappa shape index (κ2) is 13.1. The lowest BCUT2D eigenvalue weighted by molar-refractivity contribution is -0.123. The maximum absolute atomic E-state index is 13.0. The summed E-state index contributed by atoms with van der Waals surface area (Å²) < 4.78 is 23.5. The molecule has 0 aliphatic rings. The van der Waals surface area contributed by atoms with Gasteiger partial charge < -0.3 is 20.1 Å². The highest BCUT2D eigenvalue weighted by Gasteiger charge is 2.19. The van der Waals surface area contributed by atoms with Gasteiger partial charge in [0.2, 0.25) is 5.88 Å². The van der Waals surface area contributed by atoms with E-state index in [1.165, 1.54) is 31.5 Å². The number of urea groups is 1. The molecule has 0 spiro atoms. The number of hydrogen-bond donors (Lipinski definition) is 2. The van der Waals surface area contributed by atoms with Crippen molar-refractivity contribution in [1.29, 1.82) is 0 Å². The van der Waals surface area contributed by atoms with Crippen molar-refractivity contribution in [2.45, 2.75) is 6.54 Å². The number of imide groups is 1. The number of benzene rings is 2. The summed E-state index contributed by atoms with van der Waals surface area (Å²) in [7, 11) is 1.48. The average Bonchev–Trinajstić information content (AvgIpc) is 2.86. The maximum atomic E-state index is 13.0. The fourth-order valence-electron chi connectivity index (χ4n) is 2.83. The van der Waals surface area contributed by atoms with Crippen LogP contribution in [0.5, 0.6) is 11.6 Å². The van der Waals surface area contributed by atoms with Gasteiger partial charge in [0, 0.05) is 42.7 Å². The zero-order valence-corrected chi connectivity index (χ0v) is 19.7. The third kappa shape index (κ3) is 8.40. The van der Waals surface area contributed by atoms with Crippen molar-refractivity contribution in [1.82, 2.24) is 15.2 Å². The second-order valence-electron chi connectivity index (χ2n) is 7.19. The molecule has 1 heterocycles. The first-order chi connectivity index (χ1) is 16.9. The van der Waals surface area contributed by atoms with Gasteiger partial charge in [-0.15, -0.1) is 0 Å². The molecule has 3 rings (SSSR count). The molecule has 0 aliphatic heterocycles. The molecular formula is C25H24ClFN4O4. The summed E-state index contributed by atoms with van der Waals surface area (Å²) in [6.45, 7) is 0.746. The molecule has 182 valence electrons. The highest BCUT2D eigenvalue weighted by Crippen LogP contribution is 2.21. The normalized spacial score (nSPS) is 10.7. The predicted molar refractivity (Wildman–Crippen MR) is 131 cm³/mol. The van der Waals surface area contributed by atoms with Crippen LogP contribution < -0.4 is 15.4 Å². The lowest BCUT2D eigenvalue weighted by Gasteiger charge is -2.19. The van der Waals surface area contributed by atoms with Crippen molar-refractivity contribution >= 4 is 29.2 Å². The summed E-state index contributed by atoms with van der Waals surface area (Å²) in [5, 5.41) is 6.33. The summed E-state index contributed by atoms with van der Waals surface area (Å²) in [5.74, 6) is -0.291. The number of pyridine rings is 1. The molecule has 0 saturated heterocycles. The van der Waals surface area contributed by atoms with Crippen LogP contribution in [0, 0.1) is 5.82 Å². The van der Waals surface area contributed by atoms with Crippen LogP contribution in [0.4, 0.5) is 14.9 Å². The van der Waals surface area contributed by atoms with Crippen LogP contribution in [-0.2, 0) is 16.1 Å². The molecule has 2 aromatic carbocycles. The van der Waals surface area contributed by atoms with E-state index in [9.17, 15) is 14.0 Å². The lowest BCUT2D eigenvalue weighted by Crippen LogP contribution is -2.41. The van der Waals surface area contributed by atoms with Crippen LogP contribution >= 0.6 is 11.6 Å². The molecule has 35 heavy (non-hydrogen) atoms. The average molecular weight is 499 g/mol. The summed E-state index contributed by atoms with van der Waals surface area (Å²) in [5.41, 5.74) is 1.44. The third-order valence-electron chi connectivity index (χ3n) is 4.62. The van der Waals surface area contributed by atoms with E-state index in [1.807, 2.05) is 12.1 Å². The fraction of sp³-hybridized carbons (Fsp3) is 0.160. The van der Waals surface area contributed by atoms with Gasteiger partial charge in [0.25, 0.3) is 5.91 Å². The summed E-state index contributed by atoms with van der Waals surface area (Å²) in [6.07, 6.45) is 3.81. The smallest absolute Gasteiger partial charge is 0.328 e. The van der Waals surface area contributed by atoms with Crippen LogP contribution in [0.3, 0.4) is 0 Å². The minimum absolute atomic E-state index is 0.0696. The minimum atomic E-state index is -0.608. The summed E-state index contributed by atoms with van der Waals surface area (Å²) in [6, 6.07) is 15.8. The molecular weight excluding hydrogens is 475 g/mol. The highest BCUT2D eigenvalue weighted by atomic mass is 35.5. The summed E-state index contributed by atoms with van der Waals surface area (Å²) >= 11 is 5.87. The van der Waals surface area contributed by atoms with Crippen LogP contribution in [0.2, 0.25) is 5.02 Å². The molecule has 3 amide bonds. The Morgan fingerprint density at radius 2 is 1.83 bits per heavy atom. The molecule has 2 N–H and O–H groups in total. The van der Waals surface area contributed by atoms with Gasteiger partial charge in [-0.1, -0.05) is 23.7 Å². The molecule has 1 aromatic heterocycles. The Hall–Kier alpha value is -3.95. The van der Waals surface area contributed by atoms with E-state index in [4.69, 9.17) is 21.1 Å². The molecule has 0 saturated carbocycles. The Kier molecular flexibility index (Phi) is 9.58. The number of methoxy groups -OCH3 is 1. The second-order valence-corrected chi connectivity index (χ2v) is 7.63. The molecule has 0 fully saturated rings. The molecule has 0 aliphatic carbocycles. The molecule has 0 unspecified atom stereocenters. The number of nitrogens with zero attached hydrogens (tertiary/aromatic N) is 2. The van der Waals surface area contributed by atoms with Crippen LogP contribution in [0.25, 0.3) is 0 Å². The number of ether oxygens (including phenoxy) is 2. The zero-order chi connectivity index (χ0) is 25.0. The molecule has 10 heteroatoms. The largest absolute Gasteiger partial charge is 0.439 e. The third-order valence-corrected chi connectivity index (χ3v) is 4.87. The van der Waals surface area contributed by atoms with Crippen molar-refractivity contribution in [3.63, 3.8) is 0 Å². The van der Waals surface area contributed by atoms with E-state index in [0.717, 1.165) is 16.7 Å². The van der Waals surface area contributed by atoms with E-state index >= 15 is 0 Å². The number of anilines is 1. The van der Waals surface area contributed by atoms with Gasteiger partial charge in [0.15, 0.2) is 0 Å². The van der Waals surface area contributed by atoms with E-state index in [0.29, 0.717) is 23.0 Å². The van der Waals surface area contributed by atoms with Gasteiger partial charge in [-0.2, -0.15) is 0 Å². The molecule has 0 atom stereocenters. The monoisotopic (exact) mass is 498 g/mol. The zero-order valence-electron chi connectivity index (χ0n) is 18.9. The first-order valence-electron chi connectivity index (χ1n) is 10.6. The predicted octanol–water partition coefficient (Wildman–Crippen LogP) is 4.98. The fourth-order valence-corrected chi connectivity index (χ4v) is 2.96. The topological polar surface area (TPSA) is 92.8 Å². The highest BCUT2D eigenvalue weighted by molar-refractivity contribution is 6.30. The Balaban J connectivity index is 1.56. The number of amides is 3. The first kappa shape index (κ1) is 25.7. The van der Waals surface area contributed by atoms with E-state index in [-0.39, 0.29) is 19.0 Å². The quantitative estimate of drug-likeness (QED) is 0.383. The van der Waals surface area contributed by atoms with Gasteiger partial charge in [0.1, 0.15) is 11.6 Å². The number of hydrogen-bond acceptors (Lipinski definition) is 6. The van der Waals surface area contributed by atoms with Crippen molar-refractivity contribution in [2.75, 3.05) is 25.6 Å². The number of carbonyl (C=O) groups is 2. The van der Waals surface area contributed by atoms with Gasteiger partial charge in [-0.25, -0.2) is 14.2 Å². The van der Waals surface area contributed by atoms with Crippen molar-refractivity contribution in [3.05, 3.63) is 95.5 Å². The van der Waals surface area contributed by atoms with Gasteiger partial charge in [-0.05, 0) is 48.0 Å². The number of nitrogens with one attached hydrogen (secondary N) is 2. The first-order valence-corrected chi connectivity index (χ1v) is 11.0. The SMILES string of the molecule is COCCN(C(=O)/C=C\NCc1ccc(Cl)cc1)C(=O)Nc1ccc(Oc2ccc(F)cn2)cc1. The van der Waals surface area contributed by atoms with Crippen LogP contribution in [-0.4, -0.2) is 42.1 Å². The van der Waals surface area contributed by atoms with E-state index < -0.39 is 17.8 Å². The molecule has 0 bridgehead atoms. The van der Waals surface area contributed by atoms with Crippen molar-refractivity contribution in [3.8, 4) is 11.6 Å². The maximum Gasteiger partial charge on any atom is 0.328 e. The van der Waals surface area contributed by atoms with Crippen LogP contribution in [0.15, 0.2) is 79.1 Å². The standard InChI is InChI=1S/C25H24ClFN4O4/c1-34-15-14-31(24(32)12-13-28-16-18-2-4-19(26)5-3-18)25(33)30-21-7-9-22(10-8-21)35-23-11-6-20(27)17-29-23/h2-13,17,28H,14-16H2,1H3,(H,30,33)/b13-12-. The Labute approximate surface area is 207 Å². The summed E-state index contributed by atoms with van der Waals surface area (Å²) in [4.78, 5) is 30.2. The number of aromatic nitrogens is 1. The molecule has 8 nitrogen and oxygen atoms in total. The minimum Gasteiger partial charge on any atom is -0.439 e. The molecule has 0 radical (unpaired) electrons. The number of halogens is 2. The number of carbonyl (C=O) groups excluding carboxylic acids is 2. The van der Waals surface area contributed by atoms with E-state index in [1.54, 1.807) is 36.4 Å². The van der Waals surface area contributed by atoms with Crippen LogP contribution in [0.1, 0.15) is 5.56 Å². The van der Waals surface area contributed by atoms with Gasteiger partial charge >= 0.3 is 6.03 Å².